The van der Waals surface area contributed by atoms with Crippen molar-refractivity contribution >= 4 is 17.3 Å². The Morgan fingerprint density at radius 2 is 2.00 bits per heavy atom. The third-order valence-corrected chi connectivity index (χ3v) is 4.53. The van der Waals surface area contributed by atoms with E-state index >= 15 is 0 Å². The molecule has 0 amide bonds. The van der Waals surface area contributed by atoms with Gasteiger partial charge in [0.05, 0.1) is 0 Å². The number of hydrogen-bond acceptors (Lipinski definition) is 2. The van der Waals surface area contributed by atoms with Gasteiger partial charge in [0.1, 0.15) is 0 Å². The molecule has 0 saturated carbocycles. The predicted molar refractivity (Wildman–Crippen MR) is 79.2 cm³/mol. The van der Waals surface area contributed by atoms with Crippen LogP contribution in [0.5, 0.6) is 0 Å². The summed E-state index contributed by atoms with van der Waals surface area (Å²) in [5, 5.41) is 0.801. The van der Waals surface area contributed by atoms with Crippen LogP contribution in [-0.2, 0) is 0 Å². The molecule has 0 bridgehead atoms. The van der Waals surface area contributed by atoms with E-state index in [0.717, 1.165) is 31.1 Å². The van der Waals surface area contributed by atoms with E-state index in [1.807, 2.05) is 12.1 Å². The maximum absolute atomic E-state index is 5.94. The Balaban J connectivity index is 2.10. The lowest BCUT2D eigenvalue weighted by molar-refractivity contribution is 0.163. The Labute approximate surface area is 115 Å². The highest BCUT2D eigenvalue weighted by Crippen LogP contribution is 2.38. The monoisotopic (exact) mass is 266 g/mol. The zero-order chi connectivity index (χ0) is 13.2. The zero-order valence-corrected chi connectivity index (χ0v) is 12.1. The van der Waals surface area contributed by atoms with Gasteiger partial charge in [-0.1, -0.05) is 25.4 Å². The van der Waals surface area contributed by atoms with Gasteiger partial charge in [0.2, 0.25) is 0 Å². The van der Waals surface area contributed by atoms with Crippen LogP contribution in [0, 0.1) is 11.3 Å². The van der Waals surface area contributed by atoms with E-state index in [-0.39, 0.29) is 0 Å². The fourth-order valence-electron chi connectivity index (χ4n) is 2.80. The Bertz CT molecular complexity index is 386. The van der Waals surface area contributed by atoms with Crippen molar-refractivity contribution in [1.82, 2.24) is 0 Å². The highest BCUT2D eigenvalue weighted by molar-refractivity contribution is 6.30. The Hall–Kier alpha value is -0.730. The molecule has 2 nitrogen and oxygen atoms in total. The summed E-state index contributed by atoms with van der Waals surface area (Å²) in [6.45, 7) is 7.74. The van der Waals surface area contributed by atoms with Gasteiger partial charge >= 0.3 is 0 Å². The maximum atomic E-state index is 5.94. The summed E-state index contributed by atoms with van der Waals surface area (Å²) < 4.78 is 0. The Kier molecular flexibility index (Phi) is 4.18. The van der Waals surface area contributed by atoms with E-state index in [9.17, 15) is 0 Å². The maximum Gasteiger partial charge on any atom is 0.0407 e. The molecule has 0 spiro atoms. The zero-order valence-electron chi connectivity index (χ0n) is 11.3. The van der Waals surface area contributed by atoms with Gasteiger partial charge in [-0.15, -0.1) is 0 Å². The van der Waals surface area contributed by atoms with E-state index in [2.05, 4.69) is 30.9 Å². The van der Waals surface area contributed by atoms with Crippen LogP contribution in [0.1, 0.15) is 26.7 Å². The van der Waals surface area contributed by atoms with Crippen molar-refractivity contribution in [3.05, 3.63) is 29.3 Å². The molecule has 1 aromatic carbocycles. The summed E-state index contributed by atoms with van der Waals surface area (Å²) in [7, 11) is 0. The molecular weight excluding hydrogens is 244 g/mol. The van der Waals surface area contributed by atoms with Gasteiger partial charge in [-0.3, -0.25) is 0 Å². The predicted octanol–water partition coefficient (Wildman–Crippen LogP) is 3.54. The van der Waals surface area contributed by atoms with Crippen LogP contribution in [0.15, 0.2) is 24.3 Å². The van der Waals surface area contributed by atoms with Gasteiger partial charge in [0.25, 0.3) is 0 Å². The van der Waals surface area contributed by atoms with Crippen molar-refractivity contribution in [2.24, 2.45) is 17.1 Å². The van der Waals surface area contributed by atoms with Gasteiger partial charge < -0.3 is 10.6 Å². The smallest absolute Gasteiger partial charge is 0.0407 e. The van der Waals surface area contributed by atoms with Gasteiger partial charge in [-0.05, 0) is 55.0 Å². The molecule has 18 heavy (non-hydrogen) atoms. The number of hydrogen-bond donors (Lipinski definition) is 1. The molecule has 1 atom stereocenters. The van der Waals surface area contributed by atoms with E-state index in [1.54, 1.807) is 0 Å². The molecule has 1 aromatic rings. The van der Waals surface area contributed by atoms with Gasteiger partial charge in [0.15, 0.2) is 0 Å². The van der Waals surface area contributed by atoms with Crippen LogP contribution in [-0.4, -0.2) is 19.6 Å². The molecule has 3 heteroatoms. The van der Waals surface area contributed by atoms with Crippen LogP contribution in [0.2, 0.25) is 5.02 Å². The average molecular weight is 267 g/mol. The number of rotatable bonds is 3. The molecule has 100 valence electrons. The second-order valence-electron chi connectivity index (χ2n) is 5.94. The summed E-state index contributed by atoms with van der Waals surface area (Å²) in [6.07, 6.45) is 2.33. The fraction of sp³-hybridized carbons (Fsp3) is 0.600. The fourth-order valence-corrected chi connectivity index (χ4v) is 2.93. The van der Waals surface area contributed by atoms with Crippen LogP contribution in [0.3, 0.4) is 0 Å². The van der Waals surface area contributed by atoms with Crippen molar-refractivity contribution in [2.75, 3.05) is 24.5 Å². The van der Waals surface area contributed by atoms with E-state index in [1.165, 1.54) is 12.1 Å². The summed E-state index contributed by atoms with van der Waals surface area (Å²) >= 11 is 5.94. The molecule has 0 radical (unpaired) electrons. The Morgan fingerprint density at radius 1 is 1.33 bits per heavy atom. The van der Waals surface area contributed by atoms with Crippen molar-refractivity contribution < 1.29 is 0 Å². The van der Waals surface area contributed by atoms with Crippen LogP contribution >= 0.6 is 11.6 Å². The largest absolute Gasteiger partial charge is 0.371 e. The molecule has 1 heterocycles. The second kappa shape index (κ2) is 5.50. The highest BCUT2D eigenvalue weighted by atomic mass is 35.5. The molecule has 1 fully saturated rings. The molecular formula is C15H23ClN2. The molecule has 1 saturated heterocycles. The first-order chi connectivity index (χ1) is 8.53. The minimum absolute atomic E-state index is 0.405. The highest BCUT2D eigenvalue weighted by Gasteiger charge is 2.34. The number of halogens is 1. The van der Waals surface area contributed by atoms with Crippen molar-refractivity contribution in [3.8, 4) is 0 Å². The average Bonchev–Trinajstić information content (AvgIpc) is 2.33. The molecule has 0 aromatic heterocycles. The molecule has 1 aliphatic heterocycles. The number of nitrogens with zero attached hydrogens (tertiary/aromatic N) is 1. The van der Waals surface area contributed by atoms with E-state index in [0.29, 0.717) is 11.3 Å². The molecule has 1 unspecified atom stereocenters. The summed E-state index contributed by atoms with van der Waals surface area (Å²) in [6, 6.07) is 8.16. The lowest BCUT2D eigenvalue weighted by Gasteiger charge is -2.45. The molecule has 0 aliphatic carbocycles. The van der Waals surface area contributed by atoms with Crippen molar-refractivity contribution in [1.29, 1.82) is 0 Å². The van der Waals surface area contributed by atoms with Crippen LogP contribution in [0.25, 0.3) is 0 Å². The second-order valence-corrected chi connectivity index (χ2v) is 6.37. The standard InChI is InChI=1S/C15H23ClN2/c1-15(2)8-10-18(11-12(15)7-9-17)14-5-3-13(16)4-6-14/h3-6,12H,7-11,17H2,1-2H3. The SMILES string of the molecule is CC1(C)CCN(c2ccc(Cl)cc2)CC1CCN. The van der Waals surface area contributed by atoms with Crippen molar-refractivity contribution in [3.63, 3.8) is 0 Å². The van der Waals surface area contributed by atoms with Gasteiger partial charge in [-0.2, -0.15) is 0 Å². The quantitative estimate of drug-likeness (QED) is 0.907. The summed E-state index contributed by atoms with van der Waals surface area (Å²) in [5.74, 6) is 0.673. The Morgan fingerprint density at radius 3 is 2.61 bits per heavy atom. The van der Waals surface area contributed by atoms with Crippen LogP contribution < -0.4 is 10.6 Å². The third kappa shape index (κ3) is 2.99. The number of nitrogens with two attached hydrogens (primary N) is 1. The first-order valence-corrected chi connectivity index (χ1v) is 7.11. The first-order valence-electron chi connectivity index (χ1n) is 6.73. The lowest BCUT2D eigenvalue weighted by Crippen LogP contribution is -2.45. The topological polar surface area (TPSA) is 29.3 Å². The molecule has 1 aliphatic rings. The van der Waals surface area contributed by atoms with Crippen molar-refractivity contribution in [2.45, 2.75) is 26.7 Å². The molecule has 2 rings (SSSR count). The third-order valence-electron chi connectivity index (χ3n) is 4.28. The number of piperidine rings is 1. The van der Waals surface area contributed by atoms with E-state index in [4.69, 9.17) is 17.3 Å². The number of anilines is 1. The summed E-state index contributed by atoms with van der Waals surface area (Å²) in [4.78, 5) is 2.46. The van der Waals surface area contributed by atoms with Gasteiger partial charge in [0, 0.05) is 23.8 Å². The number of benzene rings is 1. The lowest BCUT2D eigenvalue weighted by atomic mass is 9.72. The first kappa shape index (κ1) is 13.7. The minimum Gasteiger partial charge on any atom is -0.371 e. The van der Waals surface area contributed by atoms with Gasteiger partial charge in [-0.25, -0.2) is 0 Å². The van der Waals surface area contributed by atoms with E-state index < -0.39 is 0 Å². The summed E-state index contributed by atoms with van der Waals surface area (Å²) in [5.41, 5.74) is 7.43. The molecule has 2 N–H and O–H groups in total. The normalized spacial score (nSPS) is 23.1. The van der Waals surface area contributed by atoms with Crippen LogP contribution in [0.4, 0.5) is 5.69 Å². The minimum atomic E-state index is 0.405.